The summed E-state index contributed by atoms with van der Waals surface area (Å²) in [6.45, 7) is 8.22. The van der Waals surface area contributed by atoms with Gasteiger partial charge in [0.2, 0.25) is 5.95 Å². The van der Waals surface area contributed by atoms with Gasteiger partial charge in [-0.1, -0.05) is 27.7 Å². The summed E-state index contributed by atoms with van der Waals surface area (Å²) >= 11 is 0. The third-order valence-corrected chi connectivity index (χ3v) is 3.50. The number of hydrogen-bond acceptors (Lipinski definition) is 4. The Morgan fingerprint density at radius 2 is 1.76 bits per heavy atom. The molecule has 0 aromatic carbocycles. The molecule has 0 spiro atoms. The van der Waals surface area contributed by atoms with Crippen molar-refractivity contribution in [3.8, 4) is 0 Å². The first-order valence-corrected chi connectivity index (χ1v) is 5.81. The Balaban J connectivity index is 3.42. The Kier molecular flexibility index (Phi) is 3.59. The molecule has 0 bridgehead atoms. The van der Waals surface area contributed by atoms with Gasteiger partial charge in [0, 0.05) is 26.6 Å². The molecule has 1 aromatic heterocycles. The van der Waals surface area contributed by atoms with E-state index in [-0.39, 0.29) is 11.0 Å². The number of anilines is 1. The van der Waals surface area contributed by atoms with Crippen molar-refractivity contribution in [2.45, 2.75) is 33.1 Å². The van der Waals surface area contributed by atoms with Crippen molar-refractivity contribution in [1.29, 1.82) is 0 Å². The van der Waals surface area contributed by atoms with Crippen LogP contribution in [-0.4, -0.2) is 28.9 Å². The van der Waals surface area contributed by atoms with E-state index in [9.17, 15) is 4.79 Å². The molecule has 96 valence electrons. The minimum Gasteiger partial charge on any atom is -0.347 e. The lowest BCUT2D eigenvalue weighted by Gasteiger charge is -2.28. The van der Waals surface area contributed by atoms with Crippen LogP contribution in [0.3, 0.4) is 0 Å². The van der Waals surface area contributed by atoms with E-state index in [0.717, 1.165) is 0 Å². The van der Waals surface area contributed by atoms with Crippen LogP contribution in [0.1, 0.15) is 33.4 Å². The Morgan fingerprint density at radius 3 is 2.18 bits per heavy atom. The lowest BCUT2D eigenvalue weighted by molar-refractivity contribution is 0.351. The lowest BCUT2D eigenvalue weighted by Crippen LogP contribution is -2.38. The molecule has 5 heteroatoms. The number of nitrogens with zero attached hydrogens (tertiary/aromatic N) is 4. The summed E-state index contributed by atoms with van der Waals surface area (Å²) in [7, 11) is 5.42. The largest absolute Gasteiger partial charge is 0.347 e. The molecule has 1 rings (SSSR count). The zero-order valence-corrected chi connectivity index (χ0v) is 11.8. The highest BCUT2D eigenvalue weighted by Crippen LogP contribution is 2.27. The highest BCUT2D eigenvalue weighted by atomic mass is 16.1. The van der Waals surface area contributed by atoms with Crippen molar-refractivity contribution in [2.75, 3.05) is 19.0 Å². The Hall–Kier alpha value is -1.39. The number of hydrogen-bond donors (Lipinski definition) is 0. The predicted octanol–water partition coefficient (Wildman–Crippen LogP) is 1.17. The maximum atomic E-state index is 12.3. The fourth-order valence-corrected chi connectivity index (χ4v) is 1.52. The van der Waals surface area contributed by atoms with Crippen molar-refractivity contribution in [3.63, 3.8) is 0 Å². The summed E-state index contributed by atoms with van der Waals surface area (Å²) in [5.41, 5.74) is 0.190. The highest BCUT2D eigenvalue weighted by molar-refractivity contribution is 5.27. The average Bonchev–Trinajstić information content (AvgIpc) is 2.20. The first kappa shape index (κ1) is 13.7. The molecule has 17 heavy (non-hydrogen) atoms. The second-order valence-corrected chi connectivity index (χ2v) is 5.48. The fourth-order valence-electron chi connectivity index (χ4n) is 1.52. The molecule has 0 atom stereocenters. The topological polar surface area (TPSA) is 51.0 Å². The molecule has 0 aliphatic heterocycles. The van der Waals surface area contributed by atoms with Gasteiger partial charge in [0.25, 0.3) is 5.56 Å². The van der Waals surface area contributed by atoms with Gasteiger partial charge in [-0.3, -0.25) is 9.36 Å². The summed E-state index contributed by atoms with van der Waals surface area (Å²) in [6.07, 6.45) is 0. The molecule has 0 saturated carbocycles. The van der Waals surface area contributed by atoms with E-state index in [1.165, 1.54) is 0 Å². The maximum Gasteiger partial charge on any atom is 0.277 e. The van der Waals surface area contributed by atoms with Crippen LogP contribution in [0.5, 0.6) is 0 Å². The smallest absolute Gasteiger partial charge is 0.277 e. The van der Waals surface area contributed by atoms with Crippen molar-refractivity contribution in [2.24, 2.45) is 13.0 Å². The second kappa shape index (κ2) is 4.47. The van der Waals surface area contributed by atoms with E-state index in [2.05, 4.69) is 24.0 Å². The van der Waals surface area contributed by atoms with Crippen molar-refractivity contribution >= 4 is 5.95 Å². The fraction of sp³-hybridized carbons (Fsp3) is 0.750. The standard InChI is InChI=1S/C12H22N4O/c1-8(2)12(3,4)9-10(17)16(7)11(14-13-9)15(5)6/h8H,1-7H3. The van der Waals surface area contributed by atoms with Gasteiger partial charge in [-0.25, -0.2) is 0 Å². The van der Waals surface area contributed by atoms with E-state index in [1.807, 2.05) is 27.9 Å². The van der Waals surface area contributed by atoms with Gasteiger partial charge in [-0.2, -0.15) is 0 Å². The summed E-state index contributed by atoms with van der Waals surface area (Å²) in [6, 6.07) is 0. The second-order valence-electron chi connectivity index (χ2n) is 5.48. The molecule has 5 nitrogen and oxygen atoms in total. The van der Waals surface area contributed by atoms with Crippen LogP contribution in [0.15, 0.2) is 4.79 Å². The molecular weight excluding hydrogens is 216 g/mol. The van der Waals surface area contributed by atoms with Gasteiger partial charge in [0.1, 0.15) is 5.69 Å². The van der Waals surface area contributed by atoms with Crippen LogP contribution in [-0.2, 0) is 12.5 Å². The van der Waals surface area contributed by atoms with Gasteiger partial charge in [0.15, 0.2) is 0 Å². The third-order valence-electron chi connectivity index (χ3n) is 3.50. The maximum absolute atomic E-state index is 12.3. The first-order chi connectivity index (χ1) is 7.69. The van der Waals surface area contributed by atoms with Crippen LogP contribution in [0.4, 0.5) is 5.95 Å². The Bertz CT molecular complexity index is 460. The average molecular weight is 238 g/mol. The van der Waals surface area contributed by atoms with Crippen LogP contribution < -0.4 is 10.5 Å². The minimum absolute atomic E-state index is 0.0672. The zero-order valence-electron chi connectivity index (χ0n) is 11.8. The summed E-state index contributed by atoms with van der Waals surface area (Å²) in [4.78, 5) is 14.1. The number of aromatic nitrogens is 3. The SMILES string of the molecule is CC(C)C(C)(C)c1nnc(N(C)C)n(C)c1=O. The summed E-state index contributed by atoms with van der Waals surface area (Å²) in [5.74, 6) is 0.896. The molecule has 0 fully saturated rings. The van der Waals surface area contributed by atoms with Crippen LogP contribution in [0, 0.1) is 5.92 Å². The molecule has 0 aliphatic carbocycles. The Labute approximate surface area is 102 Å². The van der Waals surface area contributed by atoms with E-state index in [1.54, 1.807) is 16.5 Å². The molecule has 0 N–H and O–H groups in total. The van der Waals surface area contributed by atoms with E-state index in [0.29, 0.717) is 17.6 Å². The van der Waals surface area contributed by atoms with Gasteiger partial charge in [-0.15, -0.1) is 10.2 Å². The molecule has 0 unspecified atom stereocenters. The summed E-state index contributed by atoms with van der Waals surface area (Å²) < 4.78 is 1.55. The monoisotopic (exact) mass is 238 g/mol. The van der Waals surface area contributed by atoms with E-state index >= 15 is 0 Å². The molecular formula is C12H22N4O. The van der Waals surface area contributed by atoms with Crippen LogP contribution in [0.25, 0.3) is 0 Å². The van der Waals surface area contributed by atoms with Crippen molar-refractivity contribution in [1.82, 2.24) is 14.8 Å². The molecule has 0 radical (unpaired) electrons. The van der Waals surface area contributed by atoms with Crippen LogP contribution in [0.2, 0.25) is 0 Å². The lowest BCUT2D eigenvalue weighted by atomic mass is 9.78. The molecule has 1 heterocycles. The van der Waals surface area contributed by atoms with Crippen LogP contribution >= 0.6 is 0 Å². The normalized spacial score (nSPS) is 12.0. The van der Waals surface area contributed by atoms with Gasteiger partial charge in [-0.05, 0) is 5.92 Å². The quantitative estimate of drug-likeness (QED) is 0.793. The molecule has 1 aromatic rings. The van der Waals surface area contributed by atoms with Crippen molar-refractivity contribution < 1.29 is 0 Å². The van der Waals surface area contributed by atoms with E-state index in [4.69, 9.17) is 0 Å². The van der Waals surface area contributed by atoms with Crippen molar-refractivity contribution in [3.05, 3.63) is 16.0 Å². The predicted molar refractivity (Wildman–Crippen MR) is 69.5 cm³/mol. The zero-order chi connectivity index (χ0) is 13.4. The molecule has 0 amide bonds. The first-order valence-electron chi connectivity index (χ1n) is 5.81. The third kappa shape index (κ3) is 2.33. The Morgan fingerprint density at radius 1 is 1.24 bits per heavy atom. The number of rotatable bonds is 3. The molecule has 0 aliphatic rings. The van der Waals surface area contributed by atoms with Gasteiger partial charge >= 0.3 is 0 Å². The summed E-state index contributed by atoms with van der Waals surface area (Å²) in [5, 5.41) is 8.25. The highest BCUT2D eigenvalue weighted by Gasteiger charge is 2.30. The van der Waals surface area contributed by atoms with Gasteiger partial charge < -0.3 is 4.90 Å². The van der Waals surface area contributed by atoms with E-state index < -0.39 is 0 Å². The van der Waals surface area contributed by atoms with Gasteiger partial charge in [0.05, 0.1) is 0 Å². The minimum atomic E-state index is -0.271. The molecule has 0 saturated heterocycles.